The van der Waals surface area contributed by atoms with Gasteiger partial charge in [-0.3, -0.25) is 4.79 Å². The van der Waals surface area contributed by atoms with Crippen LogP contribution in [-0.4, -0.2) is 37.4 Å². The van der Waals surface area contributed by atoms with E-state index in [1.165, 1.54) is 10.9 Å². The van der Waals surface area contributed by atoms with Gasteiger partial charge in [-0.1, -0.05) is 51.5 Å². The molecule has 0 unspecified atom stereocenters. The molecule has 0 saturated heterocycles. The molecule has 4 N–H and O–H groups in total. The van der Waals surface area contributed by atoms with E-state index in [0.717, 1.165) is 15.7 Å². The van der Waals surface area contributed by atoms with Crippen LogP contribution in [0, 0.1) is 0 Å². The van der Waals surface area contributed by atoms with E-state index in [-0.39, 0.29) is 23.9 Å². The summed E-state index contributed by atoms with van der Waals surface area (Å²) >= 11 is 3.37. The molecule has 0 fully saturated rings. The maximum absolute atomic E-state index is 12.7. The summed E-state index contributed by atoms with van der Waals surface area (Å²) in [6.07, 6.45) is 1.52. The topological polar surface area (TPSA) is 149 Å². The van der Waals surface area contributed by atoms with Crippen molar-refractivity contribution in [3.05, 3.63) is 76.0 Å². The molecule has 0 atom stereocenters. The second-order valence-corrected chi connectivity index (χ2v) is 7.16. The third-order valence-electron chi connectivity index (χ3n) is 4.16. The number of nitrogens with one attached hydrogen (secondary N) is 2. The SMILES string of the molecule is Nc1nonc1-n1nnc(C(=O)N/N=C/c2ccc(Br)cc2)c1CNc1ccccc1. The minimum Gasteiger partial charge on any atom is -0.379 e. The van der Waals surface area contributed by atoms with E-state index in [2.05, 4.69) is 57.0 Å². The molecule has 2 aromatic carbocycles. The maximum atomic E-state index is 12.7. The van der Waals surface area contributed by atoms with Gasteiger partial charge < -0.3 is 11.1 Å². The molecule has 0 saturated carbocycles. The molecule has 2 heterocycles. The Labute approximate surface area is 184 Å². The molecule has 0 aliphatic rings. The van der Waals surface area contributed by atoms with Gasteiger partial charge in [0.2, 0.25) is 11.6 Å². The standard InChI is InChI=1S/C19H16BrN9O2/c20-13-8-6-12(7-9-13)10-23-25-19(30)16-15(11-22-14-4-2-1-3-5-14)29(28-24-16)18-17(21)26-31-27-18/h1-10,22H,11H2,(H2,21,26)(H,25,30)/b23-10+. The number of nitrogen functional groups attached to an aromatic ring is 1. The van der Waals surface area contributed by atoms with Crippen molar-refractivity contribution in [3.8, 4) is 5.82 Å². The van der Waals surface area contributed by atoms with E-state index in [4.69, 9.17) is 5.73 Å². The van der Waals surface area contributed by atoms with Crippen LogP contribution in [0.15, 0.2) is 68.8 Å². The molecule has 1 amide bonds. The van der Waals surface area contributed by atoms with Gasteiger partial charge in [-0.25, -0.2) is 10.1 Å². The van der Waals surface area contributed by atoms with Crippen molar-refractivity contribution < 1.29 is 9.42 Å². The third-order valence-corrected chi connectivity index (χ3v) is 4.69. The minimum atomic E-state index is -0.542. The van der Waals surface area contributed by atoms with Gasteiger partial charge in [0, 0.05) is 10.2 Å². The molecule has 156 valence electrons. The van der Waals surface area contributed by atoms with Crippen molar-refractivity contribution in [2.45, 2.75) is 6.54 Å². The molecule has 31 heavy (non-hydrogen) atoms. The molecule has 4 rings (SSSR count). The predicted octanol–water partition coefficient (Wildman–Crippen LogP) is 2.37. The van der Waals surface area contributed by atoms with Crippen molar-refractivity contribution in [2.75, 3.05) is 11.1 Å². The monoisotopic (exact) mass is 481 g/mol. The lowest BCUT2D eigenvalue weighted by molar-refractivity contribution is 0.0949. The Bertz CT molecular complexity index is 1200. The fraction of sp³-hybridized carbons (Fsp3) is 0.0526. The Kier molecular flexibility index (Phi) is 5.98. The number of halogens is 1. The summed E-state index contributed by atoms with van der Waals surface area (Å²) in [4.78, 5) is 12.7. The third kappa shape index (κ3) is 4.75. The Balaban J connectivity index is 1.57. The number of hydrazone groups is 1. The van der Waals surface area contributed by atoms with Crippen molar-refractivity contribution in [1.29, 1.82) is 0 Å². The molecule has 0 radical (unpaired) electrons. The first kappa shape index (κ1) is 20.2. The van der Waals surface area contributed by atoms with Gasteiger partial charge in [-0.05, 0) is 40.1 Å². The number of anilines is 2. The molecule has 0 spiro atoms. The summed E-state index contributed by atoms with van der Waals surface area (Å²) in [5, 5.41) is 22.5. The highest BCUT2D eigenvalue weighted by atomic mass is 79.9. The number of carbonyl (C=O) groups excluding carboxylic acids is 1. The second kappa shape index (κ2) is 9.17. The van der Waals surface area contributed by atoms with E-state index >= 15 is 0 Å². The zero-order valence-electron chi connectivity index (χ0n) is 15.9. The zero-order chi connectivity index (χ0) is 21.6. The van der Waals surface area contributed by atoms with Crippen molar-refractivity contribution in [1.82, 2.24) is 30.7 Å². The number of hydrogen-bond donors (Lipinski definition) is 3. The van der Waals surface area contributed by atoms with Crippen molar-refractivity contribution in [3.63, 3.8) is 0 Å². The zero-order valence-corrected chi connectivity index (χ0v) is 17.5. The summed E-state index contributed by atoms with van der Waals surface area (Å²) in [7, 11) is 0. The van der Waals surface area contributed by atoms with Crippen molar-refractivity contribution in [2.24, 2.45) is 5.10 Å². The summed E-state index contributed by atoms with van der Waals surface area (Å²) < 4.78 is 6.90. The number of amides is 1. The van der Waals surface area contributed by atoms with E-state index in [1.54, 1.807) is 0 Å². The van der Waals surface area contributed by atoms with Gasteiger partial charge in [0.05, 0.1) is 18.5 Å². The molecule has 0 aliphatic heterocycles. The number of nitrogens with two attached hydrogens (primary N) is 1. The van der Waals surface area contributed by atoms with Gasteiger partial charge in [0.1, 0.15) is 0 Å². The van der Waals surface area contributed by atoms with Gasteiger partial charge >= 0.3 is 0 Å². The Morgan fingerprint density at radius 2 is 1.94 bits per heavy atom. The molecule has 12 heteroatoms. The lowest BCUT2D eigenvalue weighted by atomic mass is 10.2. The largest absolute Gasteiger partial charge is 0.379 e. The molecule has 0 aliphatic carbocycles. The van der Waals surface area contributed by atoms with Crippen LogP contribution >= 0.6 is 15.9 Å². The van der Waals surface area contributed by atoms with Crippen LogP contribution in [-0.2, 0) is 6.54 Å². The lowest BCUT2D eigenvalue weighted by Gasteiger charge is -2.08. The number of aromatic nitrogens is 5. The number of para-hydroxylation sites is 1. The van der Waals surface area contributed by atoms with Crippen LogP contribution in [0.1, 0.15) is 21.7 Å². The predicted molar refractivity (Wildman–Crippen MR) is 117 cm³/mol. The van der Waals surface area contributed by atoms with Crippen molar-refractivity contribution >= 4 is 39.6 Å². The minimum absolute atomic E-state index is 0.0195. The summed E-state index contributed by atoms with van der Waals surface area (Å²) in [6, 6.07) is 16.9. The van der Waals surface area contributed by atoms with Crippen LogP contribution in [0.2, 0.25) is 0 Å². The highest BCUT2D eigenvalue weighted by molar-refractivity contribution is 9.10. The van der Waals surface area contributed by atoms with Crippen LogP contribution < -0.4 is 16.5 Å². The van der Waals surface area contributed by atoms with E-state index < -0.39 is 5.91 Å². The fourth-order valence-corrected chi connectivity index (χ4v) is 2.92. The smallest absolute Gasteiger partial charge is 0.293 e. The van der Waals surface area contributed by atoms with Crippen LogP contribution in [0.3, 0.4) is 0 Å². The first-order chi connectivity index (χ1) is 15.1. The number of nitrogens with zero attached hydrogens (tertiary/aromatic N) is 6. The first-order valence-electron chi connectivity index (χ1n) is 9.02. The number of hydrogen-bond acceptors (Lipinski definition) is 9. The van der Waals surface area contributed by atoms with E-state index in [1.807, 2.05) is 54.6 Å². The summed E-state index contributed by atoms with van der Waals surface area (Å²) in [5.74, 6) is -0.389. The van der Waals surface area contributed by atoms with Gasteiger partial charge in [-0.15, -0.1) is 5.10 Å². The molecule has 4 aromatic rings. The normalized spacial score (nSPS) is 11.0. The van der Waals surface area contributed by atoms with E-state index in [9.17, 15) is 4.79 Å². The van der Waals surface area contributed by atoms with Crippen LogP contribution in [0.25, 0.3) is 5.82 Å². The summed E-state index contributed by atoms with van der Waals surface area (Å²) in [5.41, 5.74) is 10.4. The molecule has 11 nitrogen and oxygen atoms in total. The van der Waals surface area contributed by atoms with Gasteiger partial charge in [0.25, 0.3) is 5.91 Å². The van der Waals surface area contributed by atoms with E-state index in [0.29, 0.717) is 5.69 Å². The lowest BCUT2D eigenvalue weighted by Crippen LogP contribution is -2.21. The highest BCUT2D eigenvalue weighted by Crippen LogP contribution is 2.17. The quantitative estimate of drug-likeness (QED) is 0.269. The molecule has 2 aromatic heterocycles. The first-order valence-corrected chi connectivity index (χ1v) is 9.82. The second-order valence-electron chi connectivity index (χ2n) is 6.24. The average molecular weight is 482 g/mol. The number of benzene rings is 2. The molecule has 0 bridgehead atoms. The average Bonchev–Trinajstić information content (AvgIpc) is 3.40. The molecular weight excluding hydrogens is 466 g/mol. The highest BCUT2D eigenvalue weighted by Gasteiger charge is 2.23. The molecular formula is C19H16BrN9O2. The number of carbonyl (C=O) groups is 1. The number of rotatable bonds is 7. The Morgan fingerprint density at radius 3 is 2.65 bits per heavy atom. The fourth-order valence-electron chi connectivity index (χ4n) is 2.65. The summed E-state index contributed by atoms with van der Waals surface area (Å²) in [6.45, 7) is 0.211. The Hall–Kier alpha value is -4.06. The van der Waals surface area contributed by atoms with Gasteiger partial charge in [0.15, 0.2) is 5.69 Å². The maximum Gasteiger partial charge on any atom is 0.293 e. The van der Waals surface area contributed by atoms with Gasteiger partial charge in [-0.2, -0.15) is 9.78 Å². The van der Waals surface area contributed by atoms with Crippen LogP contribution in [0.5, 0.6) is 0 Å². The Morgan fingerprint density at radius 1 is 1.16 bits per heavy atom. The van der Waals surface area contributed by atoms with Crippen LogP contribution in [0.4, 0.5) is 11.5 Å².